The number of aromatic nitrogens is 1. The molecule has 1 unspecified atom stereocenters. The van der Waals surface area contributed by atoms with Crippen LogP contribution < -0.4 is 0 Å². The Morgan fingerprint density at radius 1 is 1.14 bits per heavy atom. The maximum Gasteiger partial charge on any atom is 0.320 e. The number of nitrogens with zero attached hydrogens (tertiary/aromatic N) is 1. The summed E-state index contributed by atoms with van der Waals surface area (Å²) in [7, 11) is 5.32. The van der Waals surface area contributed by atoms with Gasteiger partial charge in [0.05, 0.1) is 0 Å². The number of H-pyrrole nitrogens is 1. The minimum absolute atomic E-state index is 0.0427. The summed E-state index contributed by atoms with van der Waals surface area (Å²) in [6.07, 6.45) is 7.82. The SMILES string of the molecule is CC(C)C[C@@H](C(=O)O)N(C)C.CO[C@]12CC[C@@]3(C)C(CC[C@H]4Cc5c([nH]c6ccccc56)[C@@]43C)C1=CC(=O)C(C)(C)O2. The van der Waals surface area contributed by atoms with Crippen LogP contribution >= 0.6 is 0 Å². The topological polar surface area (TPSA) is 91.9 Å². The number of aromatic amines is 1. The van der Waals surface area contributed by atoms with Crippen LogP contribution in [-0.4, -0.2) is 65.4 Å². The zero-order valence-corrected chi connectivity index (χ0v) is 27.0. The number of nitrogens with one attached hydrogen (secondary N) is 1. The zero-order valence-electron chi connectivity index (χ0n) is 27.0. The van der Waals surface area contributed by atoms with Gasteiger partial charge < -0.3 is 19.6 Å². The summed E-state index contributed by atoms with van der Waals surface area (Å²) in [6.45, 7) is 12.7. The van der Waals surface area contributed by atoms with E-state index in [1.54, 1.807) is 26.1 Å². The number of carbonyl (C=O) groups excluding carboxylic acids is 1. The minimum Gasteiger partial charge on any atom is -0.480 e. The fourth-order valence-corrected chi connectivity index (χ4v) is 8.81. The highest BCUT2D eigenvalue weighted by Crippen LogP contribution is 2.69. The Labute approximate surface area is 251 Å². The van der Waals surface area contributed by atoms with E-state index in [1.807, 2.05) is 33.8 Å². The van der Waals surface area contributed by atoms with Crippen molar-refractivity contribution in [2.75, 3.05) is 21.2 Å². The van der Waals surface area contributed by atoms with E-state index in [4.69, 9.17) is 14.6 Å². The van der Waals surface area contributed by atoms with Gasteiger partial charge in [0.2, 0.25) is 0 Å². The summed E-state index contributed by atoms with van der Waals surface area (Å²) >= 11 is 0. The zero-order chi connectivity index (χ0) is 30.8. The molecule has 2 fully saturated rings. The first-order valence-electron chi connectivity index (χ1n) is 15.6. The van der Waals surface area contributed by atoms with Crippen LogP contribution in [0.2, 0.25) is 0 Å². The van der Waals surface area contributed by atoms with Crippen molar-refractivity contribution in [1.29, 1.82) is 0 Å². The van der Waals surface area contributed by atoms with Crippen LogP contribution in [0, 0.1) is 23.2 Å². The number of carboxylic acids is 1. The molecule has 7 heteroatoms. The van der Waals surface area contributed by atoms with Crippen LogP contribution in [-0.2, 0) is 30.9 Å². The molecule has 0 amide bonds. The Morgan fingerprint density at radius 2 is 1.83 bits per heavy atom. The average Bonchev–Trinajstić information content (AvgIpc) is 3.43. The second kappa shape index (κ2) is 10.6. The summed E-state index contributed by atoms with van der Waals surface area (Å²) in [5.74, 6) is -0.106. The van der Waals surface area contributed by atoms with E-state index in [2.05, 4.69) is 43.1 Å². The molecule has 1 aliphatic heterocycles. The number of para-hydroxylation sites is 1. The van der Waals surface area contributed by atoms with Crippen molar-refractivity contribution >= 4 is 22.7 Å². The largest absolute Gasteiger partial charge is 0.480 e. The number of rotatable bonds is 5. The molecule has 2 N–H and O–H groups in total. The van der Waals surface area contributed by atoms with Crippen LogP contribution in [0.1, 0.15) is 84.9 Å². The predicted molar refractivity (Wildman–Crippen MR) is 165 cm³/mol. The van der Waals surface area contributed by atoms with Gasteiger partial charge in [0.25, 0.3) is 0 Å². The second-order valence-electron chi connectivity index (χ2n) is 14.7. The summed E-state index contributed by atoms with van der Waals surface area (Å²) in [4.78, 5) is 29.2. The maximum absolute atomic E-state index is 13.0. The van der Waals surface area contributed by atoms with E-state index in [0.717, 1.165) is 31.3 Å². The van der Waals surface area contributed by atoms with Crippen LogP contribution in [0.4, 0.5) is 0 Å². The number of methoxy groups -OCH3 is 1. The molecular weight excluding hydrogens is 528 g/mol. The van der Waals surface area contributed by atoms with Crippen LogP contribution in [0.25, 0.3) is 10.9 Å². The predicted octanol–water partition coefficient (Wildman–Crippen LogP) is 6.50. The van der Waals surface area contributed by atoms with Gasteiger partial charge >= 0.3 is 5.97 Å². The number of carboxylic acid groups (broad SMARTS) is 1. The van der Waals surface area contributed by atoms with Gasteiger partial charge in [0, 0.05) is 35.5 Å². The van der Waals surface area contributed by atoms with Crippen molar-refractivity contribution in [3.8, 4) is 0 Å². The Balaban J connectivity index is 0.000000276. The highest BCUT2D eigenvalue weighted by atomic mass is 16.7. The first-order valence-corrected chi connectivity index (χ1v) is 15.6. The molecule has 1 aromatic carbocycles. The molecule has 0 radical (unpaired) electrons. The number of ether oxygens (including phenoxy) is 2. The van der Waals surface area contributed by atoms with E-state index in [9.17, 15) is 9.59 Å². The number of fused-ring (bicyclic) bond motifs is 9. The van der Waals surface area contributed by atoms with E-state index in [1.165, 1.54) is 28.6 Å². The van der Waals surface area contributed by atoms with Gasteiger partial charge in [-0.2, -0.15) is 0 Å². The van der Waals surface area contributed by atoms with Crippen molar-refractivity contribution in [2.24, 2.45) is 23.2 Å². The van der Waals surface area contributed by atoms with Gasteiger partial charge in [-0.05, 0) is 106 Å². The molecule has 42 heavy (non-hydrogen) atoms. The first kappa shape index (κ1) is 31.0. The van der Waals surface area contributed by atoms with Crippen molar-refractivity contribution in [1.82, 2.24) is 9.88 Å². The fraction of sp³-hybridized carbons (Fsp3) is 0.657. The normalized spacial score (nSPS) is 33.7. The lowest BCUT2D eigenvalue weighted by atomic mass is 9.44. The lowest BCUT2D eigenvalue weighted by molar-refractivity contribution is -0.273. The Morgan fingerprint density at radius 3 is 2.43 bits per heavy atom. The van der Waals surface area contributed by atoms with Gasteiger partial charge in [0.1, 0.15) is 11.6 Å². The minimum atomic E-state index is -0.841. The third kappa shape index (κ3) is 4.58. The van der Waals surface area contributed by atoms with Crippen LogP contribution in [0.3, 0.4) is 0 Å². The summed E-state index contributed by atoms with van der Waals surface area (Å²) in [6, 6.07) is 8.39. The summed E-state index contributed by atoms with van der Waals surface area (Å²) in [5, 5.41) is 10.1. The molecule has 6 atom stereocenters. The number of aliphatic carboxylic acids is 1. The summed E-state index contributed by atoms with van der Waals surface area (Å²) in [5.41, 5.74) is 4.52. The molecule has 1 aromatic heterocycles. The van der Waals surface area contributed by atoms with E-state index in [0.29, 0.717) is 18.3 Å². The average molecular weight is 579 g/mol. The van der Waals surface area contributed by atoms with Crippen molar-refractivity contribution in [3.05, 3.63) is 47.2 Å². The molecule has 7 nitrogen and oxygen atoms in total. The molecule has 0 spiro atoms. The van der Waals surface area contributed by atoms with E-state index < -0.39 is 17.4 Å². The number of benzene rings is 1. The number of carbonyl (C=O) groups is 2. The molecule has 3 aliphatic carbocycles. The molecule has 2 heterocycles. The van der Waals surface area contributed by atoms with Crippen molar-refractivity contribution < 1.29 is 24.2 Å². The highest BCUT2D eigenvalue weighted by molar-refractivity contribution is 5.98. The number of ketones is 1. The number of hydrogen-bond acceptors (Lipinski definition) is 5. The van der Waals surface area contributed by atoms with Crippen molar-refractivity contribution in [2.45, 2.75) is 103 Å². The molecular formula is C35H50N2O5. The maximum atomic E-state index is 13.0. The smallest absolute Gasteiger partial charge is 0.320 e. The Bertz CT molecular complexity index is 1410. The first-order chi connectivity index (χ1) is 19.6. The van der Waals surface area contributed by atoms with E-state index >= 15 is 0 Å². The highest BCUT2D eigenvalue weighted by Gasteiger charge is 2.67. The second-order valence-corrected chi connectivity index (χ2v) is 14.7. The number of hydrogen-bond donors (Lipinski definition) is 2. The van der Waals surface area contributed by atoms with Crippen LogP contribution in [0.15, 0.2) is 35.9 Å². The molecule has 2 aromatic rings. The van der Waals surface area contributed by atoms with Gasteiger partial charge in [-0.3, -0.25) is 14.5 Å². The Kier molecular flexibility index (Phi) is 7.81. The van der Waals surface area contributed by atoms with Gasteiger partial charge in [0.15, 0.2) is 11.6 Å². The molecule has 230 valence electrons. The quantitative estimate of drug-likeness (QED) is 0.421. The standard InChI is InChI=1S/C27H33NO3.C8H17NO2/c1-24(2)22(29)15-20-19-11-10-16-14-18-17-8-6-7-9-21(17)28-23(18)26(16,4)25(19,3)12-13-27(20,30-5)31-24;1-6(2)5-7(8(10)11)9(3)4/h6-9,15-16,19,28H,10-14H2,1-5H3;6-7H,5H2,1-4H3,(H,10,11)/t16-,19?,25-,26+,27-;7-/m00/s1. The molecule has 0 saturated heterocycles. The lowest BCUT2D eigenvalue weighted by Crippen LogP contribution is -2.63. The summed E-state index contributed by atoms with van der Waals surface area (Å²) < 4.78 is 12.5. The molecule has 6 rings (SSSR count). The third-order valence-corrected chi connectivity index (χ3v) is 11.4. The van der Waals surface area contributed by atoms with Gasteiger partial charge in [-0.1, -0.05) is 45.9 Å². The van der Waals surface area contributed by atoms with Crippen LogP contribution in [0.5, 0.6) is 0 Å². The third-order valence-electron chi connectivity index (χ3n) is 11.4. The fourth-order valence-electron chi connectivity index (χ4n) is 8.81. The Hall–Kier alpha value is -2.48. The molecule has 4 aliphatic rings. The lowest BCUT2D eigenvalue weighted by Gasteiger charge is -2.63. The monoisotopic (exact) mass is 578 g/mol. The van der Waals surface area contributed by atoms with Crippen molar-refractivity contribution in [3.63, 3.8) is 0 Å². The van der Waals surface area contributed by atoms with Gasteiger partial charge in [-0.25, -0.2) is 0 Å². The number of likely N-dealkylation sites (N-methyl/N-ethyl adjacent to an activating group) is 1. The molecule has 2 saturated carbocycles. The van der Waals surface area contributed by atoms with Gasteiger partial charge in [-0.15, -0.1) is 0 Å². The molecule has 0 bridgehead atoms. The van der Waals surface area contributed by atoms with E-state index in [-0.39, 0.29) is 28.6 Å².